The van der Waals surface area contributed by atoms with Crippen molar-refractivity contribution in [1.82, 2.24) is 14.9 Å². The number of fused-ring (bicyclic) bond motifs is 1. The third-order valence-electron chi connectivity index (χ3n) is 4.54. The van der Waals surface area contributed by atoms with Crippen LogP contribution in [0.25, 0.3) is 11.0 Å². The minimum Gasteiger partial charge on any atom is -0.359 e. The molecule has 0 aliphatic rings. The van der Waals surface area contributed by atoms with Gasteiger partial charge in [0.25, 0.3) is 5.56 Å². The number of rotatable bonds is 6. The van der Waals surface area contributed by atoms with Gasteiger partial charge in [0.2, 0.25) is 11.8 Å². The fourth-order valence-electron chi connectivity index (χ4n) is 2.94. The maximum absolute atomic E-state index is 12.9. The molecule has 150 valence electrons. The van der Waals surface area contributed by atoms with Crippen molar-refractivity contribution in [1.29, 1.82) is 0 Å². The minimum atomic E-state index is -0.385. The van der Waals surface area contributed by atoms with Gasteiger partial charge in [0, 0.05) is 30.6 Å². The van der Waals surface area contributed by atoms with Gasteiger partial charge in [0.1, 0.15) is 12.2 Å². The lowest BCUT2D eigenvalue weighted by Crippen LogP contribution is -2.31. The first-order chi connectivity index (χ1) is 13.9. The Morgan fingerprint density at radius 3 is 2.62 bits per heavy atom. The summed E-state index contributed by atoms with van der Waals surface area (Å²) < 4.78 is 1.38. The van der Waals surface area contributed by atoms with Crippen LogP contribution in [-0.4, -0.2) is 28.4 Å². The van der Waals surface area contributed by atoms with Crippen LogP contribution in [0.3, 0.4) is 0 Å². The van der Waals surface area contributed by atoms with Gasteiger partial charge in [-0.25, -0.2) is 4.98 Å². The van der Waals surface area contributed by atoms with Crippen molar-refractivity contribution in [2.24, 2.45) is 0 Å². The predicted molar refractivity (Wildman–Crippen MR) is 113 cm³/mol. The van der Waals surface area contributed by atoms with Gasteiger partial charge in [0.15, 0.2) is 0 Å². The summed E-state index contributed by atoms with van der Waals surface area (Å²) in [4.78, 5) is 41.5. The molecule has 7 nitrogen and oxygen atoms in total. The molecule has 2 aromatic carbocycles. The van der Waals surface area contributed by atoms with Crippen LogP contribution in [0.4, 0.5) is 5.69 Å². The number of para-hydroxylation sites is 2. The van der Waals surface area contributed by atoms with Gasteiger partial charge in [-0.3, -0.25) is 19.0 Å². The van der Waals surface area contributed by atoms with Crippen molar-refractivity contribution >= 4 is 40.1 Å². The highest BCUT2D eigenvalue weighted by Crippen LogP contribution is 2.20. The number of benzene rings is 2. The van der Waals surface area contributed by atoms with Gasteiger partial charge >= 0.3 is 0 Å². The quantitative estimate of drug-likeness (QED) is 0.651. The van der Waals surface area contributed by atoms with E-state index >= 15 is 0 Å². The van der Waals surface area contributed by atoms with Crippen LogP contribution in [0.5, 0.6) is 0 Å². The summed E-state index contributed by atoms with van der Waals surface area (Å²) >= 11 is 6.11. The zero-order valence-electron chi connectivity index (χ0n) is 16.2. The molecule has 0 saturated heterocycles. The highest BCUT2D eigenvalue weighted by molar-refractivity contribution is 6.31. The number of halogens is 1. The number of carbonyl (C=O) groups is 2. The van der Waals surface area contributed by atoms with Crippen molar-refractivity contribution in [2.75, 3.05) is 12.4 Å². The molecule has 1 heterocycles. The number of aromatic nitrogens is 2. The normalized spacial score (nSPS) is 10.7. The summed E-state index contributed by atoms with van der Waals surface area (Å²) in [6.07, 6.45) is 0.337. The first-order valence-corrected chi connectivity index (χ1v) is 9.52. The number of hydrogen-bond donors (Lipinski definition) is 2. The number of amides is 2. The smallest absolute Gasteiger partial charge is 0.273 e. The van der Waals surface area contributed by atoms with E-state index in [2.05, 4.69) is 15.6 Å². The highest BCUT2D eigenvalue weighted by atomic mass is 35.5. The van der Waals surface area contributed by atoms with E-state index in [0.29, 0.717) is 21.7 Å². The van der Waals surface area contributed by atoms with E-state index in [9.17, 15) is 14.4 Å². The predicted octanol–water partition coefficient (Wildman–Crippen LogP) is 2.68. The SMILES string of the molecule is CNC(=O)CCc1nc2ccccc2n(CC(=O)Nc2ccc(C)c(Cl)c2)c1=O. The lowest BCUT2D eigenvalue weighted by atomic mass is 10.2. The number of nitrogens with zero attached hydrogens (tertiary/aromatic N) is 2. The standard InChI is InChI=1S/C21H21ClN4O3/c1-13-7-8-14(11-15(13)22)24-20(28)12-26-18-6-4-3-5-16(18)25-17(21(26)29)9-10-19(27)23-2/h3-8,11H,9-10,12H2,1-2H3,(H,23,27)(H,24,28). The zero-order valence-corrected chi connectivity index (χ0v) is 16.9. The Balaban J connectivity index is 1.91. The molecule has 29 heavy (non-hydrogen) atoms. The number of nitrogens with one attached hydrogen (secondary N) is 2. The second-order valence-corrected chi connectivity index (χ2v) is 7.03. The van der Waals surface area contributed by atoms with Gasteiger partial charge in [-0.05, 0) is 36.8 Å². The Morgan fingerprint density at radius 1 is 1.14 bits per heavy atom. The third-order valence-corrected chi connectivity index (χ3v) is 4.95. The van der Waals surface area contributed by atoms with Crippen LogP contribution in [0.15, 0.2) is 47.3 Å². The molecule has 0 radical (unpaired) electrons. The first kappa shape index (κ1) is 20.5. The summed E-state index contributed by atoms with van der Waals surface area (Å²) in [5.74, 6) is -0.541. The molecular weight excluding hydrogens is 392 g/mol. The second-order valence-electron chi connectivity index (χ2n) is 6.62. The van der Waals surface area contributed by atoms with Gasteiger partial charge < -0.3 is 10.6 Å². The van der Waals surface area contributed by atoms with Crippen LogP contribution in [-0.2, 0) is 22.6 Å². The lowest BCUT2D eigenvalue weighted by molar-refractivity contribution is -0.120. The van der Waals surface area contributed by atoms with Gasteiger partial charge in [0.05, 0.1) is 11.0 Å². The Morgan fingerprint density at radius 2 is 1.90 bits per heavy atom. The largest absolute Gasteiger partial charge is 0.359 e. The molecule has 3 aromatic rings. The van der Waals surface area contributed by atoms with E-state index in [4.69, 9.17) is 11.6 Å². The highest BCUT2D eigenvalue weighted by Gasteiger charge is 2.15. The summed E-state index contributed by atoms with van der Waals surface area (Å²) in [7, 11) is 1.54. The molecule has 0 aliphatic heterocycles. The van der Waals surface area contributed by atoms with E-state index in [1.54, 1.807) is 36.4 Å². The zero-order chi connectivity index (χ0) is 21.0. The number of hydrogen-bond acceptors (Lipinski definition) is 4. The maximum atomic E-state index is 12.9. The van der Waals surface area contributed by atoms with Crippen molar-refractivity contribution < 1.29 is 9.59 Å². The summed E-state index contributed by atoms with van der Waals surface area (Å²) in [5.41, 5.74) is 2.46. The van der Waals surface area contributed by atoms with Gasteiger partial charge in [-0.15, -0.1) is 0 Å². The van der Waals surface area contributed by atoms with Crippen molar-refractivity contribution in [3.63, 3.8) is 0 Å². The van der Waals surface area contributed by atoms with Crippen LogP contribution < -0.4 is 16.2 Å². The first-order valence-electron chi connectivity index (χ1n) is 9.14. The molecule has 1 aromatic heterocycles. The van der Waals surface area contributed by atoms with Crippen molar-refractivity contribution in [2.45, 2.75) is 26.3 Å². The van der Waals surface area contributed by atoms with E-state index < -0.39 is 0 Å². The molecule has 0 saturated carbocycles. The number of carbonyl (C=O) groups excluding carboxylic acids is 2. The monoisotopic (exact) mass is 412 g/mol. The summed E-state index contributed by atoms with van der Waals surface area (Å²) in [6, 6.07) is 12.3. The molecule has 0 atom stereocenters. The summed E-state index contributed by atoms with van der Waals surface area (Å²) in [6.45, 7) is 1.69. The average Bonchev–Trinajstić information content (AvgIpc) is 2.71. The topological polar surface area (TPSA) is 93.1 Å². The van der Waals surface area contributed by atoms with Gasteiger partial charge in [-0.1, -0.05) is 29.8 Å². The van der Waals surface area contributed by atoms with E-state index in [1.165, 1.54) is 11.6 Å². The maximum Gasteiger partial charge on any atom is 0.273 e. The van der Waals surface area contributed by atoms with Crippen LogP contribution >= 0.6 is 11.6 Å². The fraction of sp³-hybridized carbons (Fsp3) is 0.238. The molecular formula is C21H21ClN4O3. The van der Waals surface area contributed by atoms with Gasteiger partial charge in [-0.2, -0.15) is 0 Å². The Labute approximate surface area is 172 Å². The molecule has 3 rings (SSSR count). The van der Waals surface area contributed by atoms with Crippen LogP contribution in [0.1, 0.15) is 17.7 Å². The molecule has 0 unspecified atom stereocenters. The molecule has 0 fully saturated rings. The van der Waals surface area contributed by atoms with Crippen molar-refractivity contribution in [3.05, 3.63) is 69.1 Å². The lowest BCUT2D eigenvalue weighted by Gasteiger charge is -2.13. The Bertz CT molecular complexity index is 1140. The van der Waals surface area contributed by atoms with E-state index in [1.807, 2.05) is 13.0 Å². The number of anilines is 1. The molecule has 0 spiro atoms. The fourth-order valence-corrected chi connectivity index (χ4v) is 3.12. The molecule has 8 heteroatoms. The van der Waals surface area contributed by atoms with Crippen LogP contribution in [0, 0.1) is 6.92 Å². The van der Waals surface area contributed by atoms with E-state index in [0.717, 1.165) is 5.56 Å². The number of aryl methyl sites for hydroxylation is 2. The van der Waals surface area contributed by atoms with Crippen molar-refractivity contribution in [3.8, 4) is 0 Å². The third kappa shape index (κ3) is 4.81. The Hall–Kier alpha value is -3.19. The molecule has 2 N–H and O–H groups in total. The molecule has 0 bridgehead atoms. The second kappa shape index (κ2) is 8.87. The average molecular weight is 413 g/mol. The minimum absolute atomic E-state index is 0.144. The van der Waals surface area contributed by atoms with Crippen LogP contribution in [0.2, 0.25) is 5.02 Å². The van der Waals surface area contributed by atoms with E-state index in [-0.39, 0.29) is 42.5 Å². The molecule has 2 amide bonds. The molecule has 0 aliphatic carbocycles. The Kier molecular flexibility index (Phi) is 6.29. The summed E-state index contributed by atoms with van der Waals surface area (Å²) in [5, 5.41) is 5.83.